The van der Waals surface area contributed by atoms with Gasteiger partial charge in [-0.2, -0.15) is 0 Å². The molecular formula is C14H16Cl2N2O4S. The van der Waals surface area contributed by atoms with Gasteiger partial charge in [0.2, 0.25) is 5.91 Å². The van der Waals surface area contributed by atoms with Crippen molar-refractivity contribution in [2.24, 2.45) is 0 Å². The normalized spacial score (nSPS) is 10.0. The number of esters is 1. The zero-order valence-corrected chi connectivity index (χ0v) is 14.7. The Balaban J connectivity index is 2.35. The number of ether oxygens (including phenoxy) is 2. The van der Waals surface area contributed by atoms with Crippen molar-refractivity contribution in [2.45, 2.75) is 12.8 Å². The molecule has 126 valence electrons. The maximum Gasteiger partial charge on any atom is 0.306 e. The minimum absolute atomic E-state index is 0.0447. The summed E-state index contributed by atoms with van der Waals surface area (Å²) in [5.41, 5.74) is 0.475. The number of rotatable bonds is 7. The molecule has 6 nitrogen and oxygen atoms in total. The van der Waals surface area contributed by atoms with Gasteiger partial charge in [0.15, 0.2) is 5.11 Å². The monoisotopic (exact) mass is 378 g/mol. The minimum Gasteiger partial charge on any atom is -0.463 e. The summed E-state index contributed by atoms with van der Waals surface area (Å²) in [6, 6.07) is 4.99. The third kappa shape index (κ3) is 7.60. The molecule has 0 aromatic heterocycles. The predicted molar refractivity (Wildman–Crippen MR) is 92.9 cm³/mol. The number of amides is 1. The van der Waals surface area contributed by atoms with Crippen LogP contribution in [0.25, 0.3) is 0 Å². The van der Waals surface area contributed by atoms with Crippen LogP contribution in [0.4, 0.5) is 5.69 Å². The van der Waals surface area contributed by atoms with Crippen LogP contribution in [0.1, 0.15) is 12.8 Å². The van der Waals surface area contributed by atoms with Crippen LogP contribution < -0.4 is 10.6 Å². The van der Waals surface area contributed by atoms with Gasteiger partial charge >= 0.3 is 5.97 Å². The van der Waals surface area contributed by atoms with Crippen molar-refractivity contribution < 1.29 is 19.1 Å². The third-order valence-electron chi connectivity index (χ3n) is 2.56. The number of thiocarbonyl (C=S) groups is 1. The SMILES string of the molecule is COCCOC(=O)CCC(=O)NC(=S)Nc1cccc(Cl)c1Cl. The van der Waals surface area contributed by atoms with E-state index in [2.05, 4.69) is 10.6 Å². The smallest absolute Gasteiger partial charge is 0.306 e. The topological polar surface area (TPSA) is 76.7 Å². The first-order chi connectivity index (χ1) is 10.9. The molecule has 1 aromatic carbocycles. The lowest BCUT2D eigenvalue weighted by atomic mass is 10.3. The Morgan fingerprint density at radius 3 is 2.65 bits per heavy atom. The average Bonchev–Trinajstić information content (AvgIpc) is 2.50. The molecule has 0 aliphatic carbocycles. The number of anilines is 1. The molecule has 1 rings (SSSR count). The molecule has 0 radical (unpaired) electrons. The van der Waals surface area contributed by atoms with Gasteiger partial charge < -0.3 is 20.1 Å². The number of halogens is 2. The summed E-state index contributed by atoms with van der Waals surface area (Å²) < 4.78 is 9.58. The van der Waals surface area contributed by atoms with Crippen molar-refractivity contribution in [2.75, 3.05) is 25.6 Å². The summed E-state index contributed by atoms with van der Waals surface area (Å²) in [6.45, 7) is 0.469. The molecule has 23 heavy (non-hydrogen) atoms. The second-order valence-corrected chi connectivity index (χ2v) is 5.51. The highest BCUT2D eigenvalue weighted by Crippen LogP contribution is 2.29. The maximum absolute atomic E-state index is 11.7. The Bertz CT molecular complexity index is 584. The molecular weight excluding hydrogens is 363 g/mol. The zero-order chi connectivity index (χ0) is 17.2. The number of nitrogens with one attached hydrogen (secondary N) is 2. The van der Waals surface area contributed by atoms with Crippen LogP contribution in [-0.4, -0.2) is 37.3 Å². The first-order valence-electron chi connectivity index (χ1n) is 6.63. The van der Waals surface area contributed by atoms with Gasteiger partial charge in [0.05, 0.1) is 28.8 Å². The van der Waals surface area contributed by atoms with Crippen LogP contribution in [0.5, 0.6) is 0 Å². The maximum atomic E-state index is 11.7. The van der Waals surface area contributed by atoms with Gasteiger partial charge in [-0.1, -0.05) is 29.3 Å². The first-order valence-corrected chi connectivity index (χ1v) is 7.80. The Labute approximate surface area is 149 Å². The molecule has 0 aliphatic heterocycles. The van der Waals surface area contributed by atoms with E-state index in [1.165, 1.54) is 7.11 Å². The molecule has 0 unspecified atom stereocenters. The van der Waals surface area contributed by atoms with Crippen LogP contribution in [0, 0.1) is 0 Å². The third-order valence-corrected chi connectivity index (χ3v) is 3.58. The molecule has 1 aromatic rings. The summed E-state index contributed by atoms with van der Waals surface area (Å²) in [6.07, 6.45) is -0.0903. The van der Waals surface area contributed by atoms with E-state index in [9.17, 15) is 9.59 Å². The number of methoxy groups -OCH3 is 1. The number of benzene rings is 1. The van der Waals surface area contributed by atoms with Crippen molar-refractivity contribution in [3.63, 3.8) is 0 Å². The van der Waals surface area contributed by atoms with Crippen molar-refractivity contribution in [3.05, 3.63) is 28.2 Å². The molecule has 0 saturated heterocycles. The van der Waals surface area contributed by atoms with E-state index in [4.69, 9.17) is 44.9 Å². The molecule has 0 fully saturated rings. The molecule has 0 spiro atoms. The second-order valence-electron chi connectivity index (χ2n) is 4.32. The number of carbonyl (C=O) groups excluding carboxylic acids is 2. The molecule has 0 saturated carbocycles. The lowest BCUT2D eigenvalue weighted by molar-refractivity contribution is -0.146. The van der Waals surface area contributed by atoms with Crippen LogP contribution >= 0.6 is 35.4 Å². The molecule has 0 atom stereocenters. The van der Waals surface area contributed by atoms with Crippen molar-refractivity contribution >= 4 is 58.1 Å². The van der Waals surface area contributed by atoms with Crippen LogP contribution in [0.2, 0.25) is 10.0 Å². The predicted octanol–water partition coefficient (Wildman–Crippen LogP) is 2.78. The van der Waals surface area contributed by atoms with Crippen LogP contribution in [0.15, 0.2) is 18.2 Å². The van der Waals surface area contributed by atoms with Crippen LogP contribution in [0.3, 0.4) is 0 Å². The van der Waals surface area contributed by atoms with E-state index in [1.54, 1.807) is 18.2 Å². The van der Waals surface area contributed by atoms with Gasteiger partial charge in [0, 0.05) is 13.5 Å². The number of hydrogen-bond donors (Lipinski definition) is 2. The minimum atomic E-state index is -0.478. The van der Waals surface area contributed by atoms with E-state index >= 15 is 0 Å². The molecule has 1 amide bonds. The van der Waals surface area contributed by atoms with Crippen molar-refractivity contribution in [3.8, 4) is 0 Å². The summed E-state index contributed by atoms with van der Waals surface area (Å²) >= 11 is 16.9. The Kier molecular flexibility index (Phi) is 8.86. The Morgan fingerprint density at radius 1 is 1.22 bits per heavy atom. The fraction of sp³-hybridized carbons (Fsp3) is 0.357. The fourth-order valence-corrected chi connectivity index (χ4v) is 2.04. The summed E-state index contributed by atoms with van der Waals surface area (Å²) in [7, 11) is 1.50. The molecule has 0 heterocycles. The Morgan fingerprint density at radius 2 is 1.96 bits per heavy atom. The number of hydrogen-bond acceptors (Lipinski definition) is 5. The van der Waals surface area contributed by atoms with Gasteiger partial charge in [-0.3, -0.25) is 9.59 Å². The highest BCUT2D eigenvalue weighted by molar-refractivity contribution is 7.80. The van der Waals surface area contributed by atoms with Crippen molar-refractivity contribution in [1.82, 2.24) is 5.32 Å². The molecule has 0 aliphatic rings. The van der Waals surface area contributed by atoms with Crippen molar-refractivity contribution in [1.29, 1.82) is 0 Å². The van der Waals surface area contributed by atoms with E-state index in [-0.39, 0.29) is 24.6 Å². The molecule has 0 bridgehead atoms. The summed E-state index contributed by atoms with van der Waals surface area (Å²) in [5, 5.41) is 5.93. The first kappa shape index (κ1) is 19.6. The number of carbonyl (C=O) groups is 2. The van der Waals surface area contributed by atoms with E-state index in [0.29, 0.717) is 22.3 Å². The van der Waals surface area contributed by atoms with Gasteiger partial charge in [-0.05, 0) is 24.4 Å². The lowest BCUT2D eigenvalue weighted by Gasteiger charge is -2.11. The van der Waals surface area contributed by atoms with E-state index in [1.807, 2.05) is 0 Å². The highest BCUT2D eigenvalue weighted by atomic mass is 35.5. The zero-order valence-electron chi connectivity index (χ0n) is 12.4. The quantitative estimate of drug-likeness (QED) is 0.431. The Hall–Kier alpha value is -1.41. The lowest BCUT2D eigenvalue weighted by Crippen LogP contribution is -2.34. The van der Waals surface area contributed by atoms with Gasteiger partial charge in [-0.15, -0.1) is 0 Å². The van der Waals surface area contributed by atoms with Crippen LogP contribution in [-0.2, 0) is 19.1 Å². The average molecular weight is 379 g/mol. The molecule has 2 N–H and O–H groups in total. The highest BCUT2D eigenvalue weighted by Gasteiger charge is 2.11. The largest absolute Gasteiger partial charge is 0.463 e. The summed E-state index contributed by atoms with van der Waals surface area (Å²) in [5.74, 6) is -0.890. The van der Waals surface area contributed by atoms with Gasteiger partial charge in [0.25, 0.3) is 0 Å². The second kappa shape index (κ2) is 10.4. The fourth-order valence-electron chi connectivity index (χ4n) is 1.47. The summed E-state index contributed by atoms with van der Waals surface area (Å²) in [4.78, 5) is 23.0. The standard InChI is InChI=1S/C14H16Cl2N2O4S/c1-21-7-8-22-12(20)6-5-11(19)18-14(23)17-10-4-2-3-9(15)13(10)16/h2-4H,5-8H2,1H3,(H2,17,18,19,23). The van der Waals surface area contributed by atoms with E-state index in [0.717, 1.165) is 0 Å². The van der Waals surface area contributed by atoms with Gasteiger partial charge in [-0.25, -0.2) is 0 Å². The van der Waals surface area contributed by atoms with Gasteiger partial charge in [0.1, 0.15) is 6.61 Å². The van der Waals surface area contributed by atoms with E-state index < -0.39 is 11.9 Å². The molecule has 9 heteroatoms.